The summed E-state index contributed by atoms with van der Waals surface area (Å²) >= 11 is 0. The van der Waals surface area contributed by atoms with Crippen LogP contribution in [0.15, 0.2) is 121 Å². The molecule has 0 fully saturated rings. The summed E-state index contributed by atoms with van der Waals surface area (Å²) in [5.74, 6) is 1.77. The first-order valence-corrected chi connectivity index (χ1v) is 13.2. The Morgan fingerprint density at radius 3 is 1.35 bits per heavy atom. The number of Topliss-reactive ketones (excluding diaryl/α,β-unsaturated/α-hetero) is 2. The average Bonchev–Trinajstić information content (AvgIpc) is 2.98. The molecular formula is C34H42N2O4. The molecule has 6 nitrogen and oxygen atoms in total. The van der Waals surface area contributed by atoms with Crippen LogP contribution in [0.3, 0.4) is 0 Å². The van der Waals surface area contributed by atoms with Gasteiger partial charge in [-0.2, -0.15) is 0 Å². The molecule has 0 spiro atoms. The maximum atomic E-state index is 10.6. The fourth-order valence-electron chi connectivity index (χ4n) is 2.88. The molecule has 0 saturated carbocycles. The van der Waals surface area contributed by atoms with Crippen LogP contribution >= 0.6 is 0 Å². The first-order chi connectivity index (χ1) is 19.2. The van der Waals surface area contributed by atoms with E-state index in [2.05, 4.69) is 0 Å². The molecule has 1 unspecified atom stereocenters. The molecule has 212 valence electrons. The molecule has 4 rings (SSSR count). The first kappa shape index (κ1) is 33.8. The molecule has 6 heteroatoms. The quantitative estimate of drug-likeness (QED) is 0.241. The van der Waals surface area contributed by atoms with Crippen molar-refractivity contribution < 1.29 is 19.1 Å². The van der Waals surface area contributed by atoms with E-state index in [-0.39, 0.29) is 30.3 Å². The minimum Gasteiger partial charge on any atom is -0.492 e. The van der Waals surface area contributed by atoms with E-state index in [4.69, 9.17) is 20.9 Å². The van der Waals surface area contributed by atoms with E-state index in [0.29, 0.717) is 6.61 Å². The molecule has 0 aliphatic heterocycles. The largest absolute Gasteiger partial charge is 0.492 e. The average molecular weight is 543 g/mol. The van der Waals surface area contributed by atoms with Crippen LogP contribution in [0.5, 0.6) is 11.5 Å². The number of ether oxygens (including phenoxy) is 2. The third-order valence-electron chi connectivity index (χ3n) is 4.95. The topological polar surface area (TPSA) is 105 Å². The van der Waals surface area contributed by atoms with E-state index in [1.54, 1.807) is 6.92 Å². The van der Waals surface area contributed by atoms with Gasteiger partial charge in [-0.15, -0.1) is 0 Å². The second-order valence-corrected chi connectivity index (χ2v) is 9.03. The van der Waals surface area contributed by atoms with E-state index in [1.165, 1.54) is 12.5 Å². The van der Waals surface area contributed by atoms with Gasteiger partial charge in [-0.25, -0.2) is 0 Å². The minimum absolute atomic E-state index is 0.0360. The smallest absolute Gasteiger partial charge is 0.167 e. The van der Waals surface area contributed by atoms with E-state index < -0.39 is 0 Å². The second kappa shape index (κ2) is 20.7. The lowest BCUT2D eigenvalue weighted by molar-refractivity contribution is -0.118. The number of para-hydroxylation sites is 2. The molecule has 0 aliphatic rings. The van der Waals surface area contributed by atoms with Gasteiger partial charge in [0.2, 0.25) is 0 Å². The van der Waals surface area contributed by atoms with Gasteiger partial charge >= 0.3 is 0 Å². The Hall–Kier alpha value is -4.26. The van der Waals surface area contributed by atoms with Crippen molar-refractivity contribution in [3.05, 3.63) is 132 Å². The van der Waals surface area contributed by atoms with Crippen molar-refractivity contribution >= 4 is 11.6 Å². The van der Waals surface area contributed by atoms with Gasteiger partial charge in [0.25, 0.3) is 0 Å². The summed E-state index contributed by atoms with van der Waals surface area (Å²) in [5.41, 5.74) is 13.1. The fourth-order valence-corrected chi connectivity index (χ4v) is 2.88. The Bertz CT molecular complexity index is 1180. The summed E-state index contributed by atoms with van der Waals surface area (Å²) in [6.45, 7) is 7.70. The standard InChI is InChI=1S/C9H13NO.C9H10O2.C8H11N.C8H8O/c2*1-8(10)7-11-9-5-3-2-4-6-9;2*1-7(9)8-5-3-2-4-6-8/h2-6,8H,7,10H2,1H3;2-6H,7H2,1H3;2-7H,9H2,1H3;2-6H,1H3/t8-;;;/m0.../s1. The van der Waals surface area contributed by atoms with Crippen molar-refractivity contribution in [2.24, 2.45) is 11.5 Å². The van der Waals surface area contributed by atoms with Crippen LogP contribution in [0.2, 0.25) is 0 Å². The Kier molecular flexibility index (Phi) is 17.5. The van der Waals surface area contributed by atoms with Gasteiger partial charge in [0.05, 0.1) is 0 Å². The van der Waals surface area contributed by atoms with Crippen LogP contribution in [0.25, 0.3) is 0 Å². The highest BCUT2D eigenvalue weighted by molar-refractivity contribution is 5.93. The molecule has 2 atom stereocenters. The normalized spacial score (nSPS) is 10.9. The van der Waals surface area contributed by atoms with Gasteiger partial charge in [0.1, 0.15) is 24.7 Å². The van der Waals surface area contributed by atoms with E-state index in [1.807, 2.05) is 135 Å². The molecule has 0 heterocycles. The molecular weight excluding hydrogens is 500 g/mol. The molecule has 0 saturated heterocycles. The maximum absolute atomic E-state index is 10.6. The lowest BCUT2D eigenvalue weighted by Crippen LogP contribution is -2.23. The van der Waals surface area contributed by atoms with E-state index >= 15 is 0 Å². The number of rotatable bonds is 8. The summed E-state index contributed by atoms with van der Waals surface area (Å²) in [6.07, 6.45) is 0. The molecule has 0 amide bonds. The van der Waals surface area contributed by atoms with Crippen molar-refractivity contribution in [1.29, 1.82) is 0 Å². The Labute approximate surface area is 238 Å². The minimum atomic E-state index is 0.0360. The van der Waals surface area contributed by atoms with Gasteiger partial charge in [-0.3, -0.25) is 9.59 Å². The molecule has 0 aliphatic carbocycles. The van der Waals surface area contributed by atoms with Crippen LogP contribution < -0.4 is 20.9 Å². The zero-order valence-corrected chi connectivity index (χ0v) is 23.9. The lowest BCUT2D eigenvalue weighted by atomic mass is 10.1. The van der Waals surface area contributed by atoms with Gasteiger partial charge in [0, 0.05) is 17.6 Å². The Balaban J connectivity index is 0.000000268. The van der Waals surface area contributed by atoms with Crippen molar-refractivity contribution in [2.45, 2.75) is 39.8 Å². The molecule has 0 radical (unpaired) electrons. The van der Waals surface area contributed by atoms with E-state index in [0.717, 1.165) is 17.1 Å². The second-order valence-electron chi connectivity index (χ2n) is 9.03. The highest BCUT2D eigenvalue weighted by atomic mass is 16.5. The molecule has 40 heavy (non-hydrogen) atoms. The first-order valence-electron chi connectivity index (χ1n) is 13.2. The van der Waals surface area contributed by atoms with Crippen molar-refractivity contribution in [2.75, 3.05) is 13.2 Å². The predicted octanol–water partition coefficient (Wildman–Crippen LogP) is 6.66. The van der Waals surface area contributed by atoms with Crippen LogP contribution in [0.4, 0.5) is 0 Å². The number of carbonyl (C=O) groups excluding carboxylic acids is 2. The molecule has 4 aromatic carbocycles. The molecule has 0 aromatic heterocycles. The van der Waals surface area contributed by atoms with Gasteiger partial charge in [-0.1, -0.05) is 97.1 Å². The third kappa shape index (κ3) is 17.3. The van der Waals surface area contributed by atoms with Crippen LogP contribution in [-0.2, 0) is 4.79 Å². The zero-order chi connectivity index (χ0) is 29.6. The number of hydrogen-bond acceptors (Lipinski definition) is 6. The zero-order valence-electron chi connectivity index (χ0n) is 23.9. The van der Waals surface area contributed by atoms with Crippen LogP contribution in [-0.4, -0.2) is 30.8 Å². The number of ketones is 2. The van der Waals surface area contributed by atoms with Crippen LogP contribution in [0, 0.1) is 0 Å². The summed E-state index contributed by atoms with van der Waals surface area (Å²) in [5, 5.41) is 0. The Morgan fingerprint density at radius 1 is 0.625 bits per heavy atom. The van der Waals surface area contributed by atoms with Crippen molar-refractivity contribution in [3.8, 4) is 11.5 Å². The highest BCUT2D eigenvalue weighted by Gasteiger charge is 1.96. The molecule has 4 aromatic rings. The third-order valence-corrected chi connectivity index (χ3v) is 4.95. The van der Waals surface area contributed by atoms with E-state index in [9.17, 15) is 9.59 Å². The number of benzene rings is 4. The fraction of sp³-hybridized carbons (Fsp3) is 0.235. The number of nitrogens with two attached hydrogens (primary N) is 2. The predicted molar refractivity (Wildman–Crippen MR) is 164 cm³/mol. The number of hydrogen-bond donors (Lipinski definition) is 2. The lowest BCUT2D eigenvalue weighted by Gasteiger charge is -2.07. The summed E-state index contributed by atoms with van der Waals surface area (Å²) < 4.78 is 10.5. The van der Waals surface area contributed by atoms with Gasteiger partial charge in [-0.05, 0) is 57.5 Å². The summed E-state index contributed by atoms with van der Waals surface area (Å²) in [7, 11) is 0. The highest BCUT2D eigenvalue weighted by Crippen LogP contribution is 2.09. The number of carbonyl (C=O) groups is 2. The summed E-state index contributed by atoms with van der Waals surface area (Å²) in [6, 6.07) is 38.5. The van der Waals surface area contributed by atoms with Crippen molar-refractivity contribution in [3.63, 3.8) is 0 Å². The SMILES string of the molecule is CC(=O)COc1ccccc1.CC(=O)c1ccccc1.CC(N)c1ccccc1.C[C@H](N)COc1ccccc1. The van der Waals surface area contributed by atoms with Crippen LogP contribution in [0.1, 0.15) is 49.7 Å². The van der Waals surface area contributed by atoms with Gasteiger partial charge in [0.15, 0.2) is 11.6 Å². The molecule has 4 N–H and O–H groups in total. The maximum Gasteiger partial charge on any atom is 0.167 e. The summed E-state index contributed by atoms with van der Waals surface area (Å²) in [4.78, 5) is 21.1. The molecule has 0 bridgehead atoms. The Morgan fingerprint density at radius 2 is 1.02 bits per heavy atom. The monoisotopic (exact) mass is 542 g/mol. The van der Waals surface area contributed by atoms with Crippen molar-refractivity contribution in [1.82, 2.24) is 0 Å². The van der Waals surface area contributed by atoms with Gasteiger partial charge < -0.3 is 20.9 Å².